The zero-order valence-corrected chi connectivity index (χ0v) is 11.1. The van der Waals surface area contributed by atoms with E-state index in [1.807, 2.05) is 6.92 Å². The maximum absolute atomic E-state index is 11.4. The smallest absolute Gasteiger partial charge is 0.339 e. The predicted octanol–water partition coefficient (Wildman–Crippen LogP) is 2.84. The first-order valence-electron chi connectivity index (χ1n) is 6.23. The molecule has 3 rings (SSSR count). The van der Waals surface area contributed by atoms with Crippen LogP contribution in [0.25, 0.3) is 17.1 Å². The molecule has 0 saturated heterocycles. The van der Waals surface area contributed by atoms with Gasteiger partial charge in [0, 0.05) is 0 Å². The van der Waals surface area contributed by atoms with Crippen molar-refractivity contribution in [2.24, 2.45) is 0 Å². The van der Waals surface area contributed by atoms with Crippen molar-refractivity contribution in [3.63, 3.8) is 0 Å². The van der Waals surface area contributed by atoms with E-state index >= 15 is 0 Å². The summed E-state index contributed by atoms with van der Waals surface area (Å²) in [6.45, 7) is 1.81. The molecule has 3 aromatic rings. The molecule has 1 aromatic carbocycles. The van der Waals surface area contributed by atoms with Gasteiger partial charge in [-0.3, -0.25) is 0 Å². The SMILES string of the molecule is Cc1cc(O)ccc1-n1ncc(C(=O)O)c1-c1ccco1. The maximum atomic E-state index is 11.4. The van der Waals surface area contributed by atoms with E-state index in [2.05, 4.69) is 5.10 Å². The minimum Gasteiger partial charge on any atom is -0.508 e. The van der Waals surface area contributed by atoms with Gasteiger partial charge in [-0.1, -0.05) is 0 Å². The summed E-state index contributed by atoms with van der Waals surface area (Å²) in [6.07, 6.45) is 2.76. The summed E-state index contributed by atoms with van der Waals surface area (Å²) < 4.78 is 6.82. The Bertz CT molecular complexity index is 803. The normalized spacial score (nSPS) is 10.7. The summed E-state index contributed by atoms with van der Waals surface area (Å²) in [7, 11) is 0. The fraction of sp³-hybridized carbons (Fsp3) is 0.0667. The van der Waals surface area contributed by atoms with Crippen LogP contribution in [-0.4, -0.2) is 26.0 Å². The third kappa shape index (κ3) is 2.16. The molecule has 21 heavy (non-hydrogen) atoms. The largest absolute Gasteiger partial charge is 0.508 e. The van der Waals surface area contributed by atoms with E-state index in [1.165, 1.54) is 23.2 Å². The van der Waals surface area contributed by atoms with Gasteiger partial charge in [-0.05, 0) is 42.8 Å². The highest BCUT2D eigenvalue weighted by molar-refractivity contribution is 5.94. The lowest BCUT2D eigenvalue weighted by atomic mass is 10.1. The van der Waals surface area contributed by atoms with Gasteiger partial charge in [-0.25, -0.2) is 9.48 Å². The number of carboxylic acid groups (broad SMARTS) is 1. The number of phenolic OH excluding ortho intramolecular Hbond substituents is 1. The lowest BCUT2D eigenvalue weighted by molar-refractivity contribution is 0.0697. The Balaban J connectivity index is 2.26. The van der Waals surface area contributed by atoms with Gasteiger partial charge in [0.15, 0.2) is 5.76 Å². The monoisotopic (exact) mass is 284 g/mol. The van der Waals surface area contributed by atoms with Gasteiger partial charge >= 0.3 is 5.97 Å². The topological polar surface area (TPSA) is 88.5 Å². The van der Waals surface area contributed by atoms with Gasteiger partial charge in [0.25, 0.3) is 0 Å². The Morgan fingerprint density at radius 1 is 1.33 bits per heavy atom. The molecule has 6 nitrogen and oxygen atoms in total. The van der Waals surface area contributed by atoms with Crippen molar-refractivity contribution in [1.82, 2.24) is 9.78 Å². The minimum atomic E-state index is -1.08. The number of aromatic hydroxyl groups is 1. The second-order valence-electron chi connectivity index (χ2n) is 4.57. The highest BCUT2D eigenvalue weighted by Crippen LogP contribution is 2.29. The molecule has 0 aliphatic heterocycles. The van der Waals surface area contributed by atoms with Crippen LogP contribution in [-0.2, 0) is 0 Å². The quantitative estimate of drug-likeness (QED) is 0.772. The summed E-state index contributed by atoms with van der Waals surface area (Å²) in [5, 5.41) is 22.9. The molecule has 0 bridgehead atoms. The van der Waals surface area contributed by atoms with Crippen molar-refractivity contribution in [2.75, 3.05) is 0 Å². The van der Waals surface area contributed by atoms with Crippen molar-refractivity contribution in [3.8, 4) is 22.9 Å². The predicted molar refractivity (Wildman–Crippen MR) is 74.6 cm³/mol. The molecular weight excluding hydrogens is 272 g/mol. The van der Waals surface area contributed by atoms with Crippen molar-refractivity contribution in [2.45, 2.75) is 6.92 Å². The Hall–Kier alpha value is -3.02. The van der Waals surface area contributed by atoms with Crippen LogP contribution in [0.15, 0.2) is 47.2 Å². The lowest BCUT2D eigenvalue weighted by Crippen LogP contribution is -2.03. The first-order chi connectivity index (χ1) is 10.1. The minimum absolute atomic E-state index is 0.0532. The molecular formula is C15H12N2O4. The van der Waals surface area contributed by atoms with Gasteiger partial charge in [0.1, 0.15) is 17.0 Å². The zero-order chi connectivity index (χ0) is 15.0. The molecule has 0 aliphatic carbocycles. The van der Waals surface area contributed by atoms with Crippen molar-refractivity contribution < 1.29 is 19.4 Å². The third-order valence-electron chi connectivity index (χ3n) is 3.16. The fourth-order valence-electron chi connectivity index (χ4n) is 2.22. The molecule has 106 valence electrons. The van der Waals surface area contributed by atoms with Crippen LogP contribution in [0, 0.1) is 6.92 Å². The summed E-state index contributed by atoms with van der Waals surface area (Å²) in [4.78, 5) is 11.4. The van der Waals surface area contributed by atoms with E-state index in [0.29, 0.717) is 17.1 Å². The molecule has 0 spiro atoms. The third-order valence-corrected chi connectivity index (χ3v) is 3.16. The van der Waals surface area contributed by atoms with Gasteiger partial charge in [-0.15, -0.1) is 0 Å². The van der Waals surface area contributed by atoms with Crippen molar-refractivity contribution in [3.05, 3.63) is 53.9 Å². The van der Waals surface area contributed by atoms with E-state index in [4.69, 9.17) is 4.42 Å². The van der Waals surface area contributed by atoms with Crippen LogP contribution in [0.3, 0.4) is 0 Å². The highest BCUT2D eigenvalue weighted by atomic mass is 16.4. The van der Waals surface area contributed by atoms with Crippen LogP contribution in [0.5, 0.6) is 5.75 Å². The molecule has 0 unspecified atom stereocenters. The number of nitrogens with zero attached hydrogens (tertiary/aromatic N) is 2. The summed E-state index contributed by atoms with van der Waals surface area (Å²) >= 11 is 0. The van der Waals surface area contributed by atoms with Crippen LogP contribution in [0.1, 0.15) is 15.9 Å². The van der Waals surface area contributed by atoms with E-state index in [-0.39, 0.29) is 11.3 Å². The number of aryl methyl sites for hydroxylation is 1. The molecule has 0 amide bonds. The second-order valence-corrected chi connectivity index (χ2v) is 4.57. The molecule has 2 N–H and O–H groups in total. The average molecular weight is 284 g/mol. The summed E-state index contributed by atoms with van der Waals surface area (Å²) in [6, 6.07) is 8.15. The van der Waals surface area contributed by atoms with Crippen molar-refractivity contribution in [1.29, 1.82) is 0 Å². The molecule has 0 atom stereocenters. The zero-order valence-electron chi connectivity index (χ0n) is 11.1. The number of furan rings is 1. The van der Waals surface area contributed by atoms with Gasteiger partial charge in [-0.2, -0.15) is 5.10 Å². The van der Waals surface area contributed by atoms with Crippen LogP contribution in [0.2, 0.25) is 0 Å². The summed E-state index contributed by atoms with van der Waals surface area (Å²) in [5.74, 6) is -0.525. The number of aromatic carboxylic acids is 1. The number of aromatic nitrogens is 2. The molecule has 0 fully saturated rings. The Morgan fingerprint density at radius 2 is 2.14 bits per heavy atom. The molecule has 6 heteroatoms. The van der Waals surface area contributed by atoms with Gasteiger partial charge in [0.2, 0.25) is 0 Å². The Morgan fingerprint density at radius 3 is 2.76 bits per heavy atom. The van der Waals surface area contributed by atoms with Gasteiger partial charge < -0.3 is 14.6 Å². The van der Waals surface area contributed by atoms with Gasteiger partial charge in [0.05, 0.1) is 18.1 Å². The van der Waals surface area contributed by atoms with E-state index in [0.717, 1.165) is 5.56 Å². The van der Waals surface area contributed by atoms with Crippen LogP contribution < -0.4 is 0 Å². The van der Waals surface area contributed by atoms with E-state index in [9.17, 15) is 15.0 Å². The number of hydrogen-bond acceptors (Lipinski definition) is 4. The number of carbonyl (C=O) groups is 1. The average Bonchev–Trinajstić information content (AvgIpc) is 3.06. The number of benzene rings is 1. The Kier molecular flexibility index (Phi) is 2.98. The van der Waals surface area contributed by atoms with Crippen molar-refractivity contribution >= 4 is 5.97 Å². The second kappa shape index (κ2) is 4.82. The first kappa shape index (κ1) is 13.0. The number of phenols is 1. The maximum Gasteiger partial charge on any atom is 0.339 e. The number of hydrogen-bond donors (Lipinski definition) is 2. The van der Waals surface area contributed by atoms with Crippen LogP contribution >= 0.6 is 0 Å². The Labute approximate surface area is 119 Å². The molecule has 0 radical (unpaired) electrons. The standard InChI is InChI=1S/C15H12N2O4/c1-9-7-10(18)4-5-12(9)17-14(13-3-2-6-21-13)11(8-16-17)15(19)20/h2-8,18H,1H3,(H,19,20). The number of rotatable bonds is 3. The van der Waals surface area contributed by atoms with E-state index < -0.39 is 5.97 Å². The lowest BCUT2D eigenvalue weighted by Gasteiger charge is -2.10. The van der Waals surface area contributed by atoms with E-state index in [1.54, 1.807) is 24.3 Å². The molecule has 2 aromatic heterocycles. The summed E-state index contributed by atoms with van der Waals surface area (Å²) in [5.41, 5.74) is 1.85. The first-order valence-corrected chi connectivity index (χ1v) is 6.23. The highest BCUT2D eigenvalue weighted by Gasteiger charge is 2.22. The molecule has 0 saturated carbocycles. The molecule has 2 heterocycles. The fourth-order valence-corrected chi connectivity index (χ4v) is 2.22. The van der Waals surface area contributed by atoms with Crippen LogP contribution in [0.4, 0.5) is 0 Å². The number of carboxylic acids is 1. The molecule has 0 aliphatic rings.